The van der Waals surface area contributed by atoms with Crippen LogP contribution in [0.25, 0.3) is 0 Å². The van der Waals surface area contributed by atoms with Gasteiger partial charge in [-0.25, -0.2) is 0 Å². The summed E-state index contributed by atoms with van der Waals surface area (Å²) >= 11 is 0. The molecule has 2 aromatic rings. The number of nitrogens with zero attached hydrogens (tertiary/aromatic N) is 1. The van der Waals surface area contributed by atoms with Gasteiger partial charge in [0.15, 0.2) is 5.78 Å². The van der Waals surface area contributed by atoms with E-state index in [1.165, 1.54) is 18.1 Å². The van der Waals surface area contributed by atoms with E-state index in [1.54, 1.807) is 24.3 Å². The number of carbonyl (C=O) groups is 2. The second-order valence-electron chi connectivity index (χ2n) is 6.35. The van der Waals surface area contributed by atoms with E-state index in [4.69, 9.17) is 0 Å². The standard InChI is InChI=1S/C20H22N2O2/c1-14(23)16-7-5-8-17(12-16)21-20(24)13-22(2)19-11-10-15-6-3-4-9-18(15)19/h3-9,12,19H,10-11,13H2,1-2H3,(H,21,24). The SMILES string of the molecule is CC(=O)c1cccc(NC(=O)CN(C)C2CCc3ccccc32)c1. The Bertz CT molecular complexity index is 770. The van der Waals surface area contributed by atoms with Crippen molar-refractivity contribution in [1.82, 2.24) is 4.90 Å². The summed E-state index contributed by atoms with van der Waals surface area (Å²) in [5.74, 6) is -0.0756. The molecule has 2 aromatic carbocycles. The van der Waals surface area contributed by atoms with Crippen LogP contribution in [0.2, 0.25) is 0 Å². The molecule has 0 saturated heterocycles. The van der Waals surface area contributed by atoms with Gasteiger partial charge < -0.3 is 5.32 Å². The molecule has 0 heterocycles. The number of hydrogen-bond donors (Lipinski definition) is 1. The Morgan fingerprint density at radius 1 is 1.17 bits per heavy atom. The molecule has 0 bridgehead atoms. The molecule has 3 rings (SSSR count). The average Bonchev–Trinajstić information content (AvgIpc) is 2.99. The largest absolute Gasteiger partial charge is 0.325 e. The number of benzene rings is 2. The smallest absolute Gasteiger partial charge is 0.238 e. The molecule has 0 fully saturated rings. The first-order valence-electron chi connectivity index (χ1n) is 8.23. The highest BCUT2D eigenvalue weighted by Crippen LogP contribution is 2.34. The number of hydrogen-bond acceptors (Lipinski definition) is 3. The lowest BCUT2D eigenvalue weighted by Crippen LogP contribution is -2.32. The van der Waals surface area contributed by atoms with Gasteiger partial charge in [-0.2, -0.15) is 0 Å². The maximum atomic E-state index is 12.3. The maximum absolute atomic E-state index is 12.3. The highest BCUT2D eigenvalue weighted by atomic mass is 16.2. The molecule has 0 aromatic heterocycles. The van der Waals surface area contributed by atoms with Crippen LogP contribution in [0.4, 0.5) is 5.69 Å². The van der Waals surface area contributed by atoms with Gasteiger partial charge in [0.25, 0.3) is 0 Å². The van der Waals surface area contributed by atoms with Crippen LogP contribution in [-0.2, 0) is 11.2 Å². The summed E-state index contributed by atoms with van der Waals surface area (Å²) in [6, 6.07) is 15.8. The summed E-state index contributed by atoms with van der Waals surface area (Å²) in [6.07, 6.45) is 2.11. The Labute approximate surface area is 142 Å². The van der Waals surface area contributed by atoms with Gasteiger partial charge in [0.2, 0.25) is 5.91 Å². The molecule has 1 unspecified atom stereocenters. The molecule has 4 nitrogen and oxygen atoms in total. The highest BCUT2D eigenvalue weighted by molar-refractivity contribution is 5.97. The lowest BCUT2D eigenvalue weighted by atomic mass is 10.1. The molecule has 1 atom stereocenters. The Morgan fingerprint density at radius 3 is 2.75 bits per heavy atom. The number of aryl methyl sites for hydroxylation is 1. The van der Waals surface area contributed by atoms with E-state index in [9.17, 15) is 9.59 Å². The molecule has 0 radical (unpaired) electrons. The third-order valence-electron chi connectivity index (χ3n) is 4.58. The van der Waals surface area contributed by atoms with Gasteiger partial charge in [-0.05, 0) is 50.1 Å². The summed E-state index contributed by atoms with van der Waals surface area (Å²) < 4.78 is 0. The average molecular weight is 322 g/mol. The lowest BCUT2D eigenvalue weighted by molar-refractivity contribution is -0.117. The van der Waals surface area contributed by atoms with Crippen molar-refractivity contribution in [1.29, 1.82) is 0 Å². The molecule has 1 aliphatic carbocycles. The van der Waals surface area contributed by atoms with E-state index in [1.807, 2.05) is 7.05 Å². The van der Waals surface area contributed by atoms with Crippen LogP contribution in [-0.4, -0.2) is 30.2 Å². The van der Waals surface area contributed by atoms with Crippen LogP contribution >= 0.6 is 0 Å². The highest BCUT2D eigenvalue weighted by Gasteiger charge is 2.26. The second kappa shape index (κ2) is 6.97. The Hall–Kier alpha value is -2.46. The van der Waals surface area contributed by atoms with Gasteiger partial charge in [0.1, 0.15) is 0 Å². The van der Waals surface area contributed by atoms with Crippen LogP contribution in [0, 0.1) is 0 Å². The summed E-state index contributed by atoms with van der Waals surface area (Å²) in [7, 11) is 1.98. The monoisotopic (exact) mass is 322 g/mol. The van der Waals surface area contributed by atoms with E-state index in [0.29, 0.717) is 17.8 Å². The zero-order valence-electron chi connectivity index (χ0n) is 14.1. The minimum Gasteiger partial charge on any atom is -0.325 e. The summed E-state index contributed by atoms with van der Waals surface area (Å²) in [6.45, 7) is 1.84. The molecular weight excluding hydrogens is 300 g/mol. The van der Waals surface area contributed by atoms with E-state index < -0.39 is 0 Å². The Morgan fingerprint density at radius 2 is 1.96 bits per heavy atom. The number of fused-ring (bicyclic) bond motifs is 1. The number of Topliss-reactive ketones (excluding diaryl/α,β-unsaturated/α-hetero) is 1. The van der Waals surface area contributed by atoms with E-state index in [0.717, 1.165) is 12.8 Å². The van der Waals surface area contributed by atoms with Crippen LogP contribution in [0.1, 0.15) is 40.9 Å². The number of anilines is 1. The minimum absolute atomic E-state index is 0.00854. The summed E-state index contributed by atoms with van der Waals surface area (Å²) in [5, 5.41) is 2.88. The lowest BCUT2D eigenvalue weighted by Gasteiger charge is -2.24. The number of rotatable bonds is 5. The molecule has 1 amide bonds. The van der Waals surface area contributed by atoms with Crippen molar-refractivity contribution in [3.8, 4) is 0 Å². The fourth-order valence-corrected chi connectivity index (χ4v) is 3.35. The van der Waals surface area contributed by atoms with Crippen molar-refractivity contribution in [3.63, 3.8) is 0 Å². The molecule has 0 spiro atoms. The number of amides is 1. The van der Waals surface area contributed by atoms with Gasteiger partial charge in [0.05, 0.1) is 6.54 Å². The Kier molecular flexibility index (Phi) is 4.76. The zero-order valence-corrected chi connectivity index (χ0v) is 14.1. The van der Waals surface area contributed by atoms with Crippen molar-refractivity contribution < 1.29 is 9.59 Å². The van der Waals surface area contributed by atoms with Crippen molar-refractivity contribution in [3.05, 3.63) is 65.2 Å². The molecule has 1 aliphatic rings. The quantitative estimate of drug-likeness (QED) is 0.858. The van der Waals surface area contributed by atoms with Crippen molar-refractivity contribution in [2.24, 2.45) is 0 Å². The number of carbonyl (C=O) groups excluding carboxylic acids is 2. The molecular formula is C20H22N2O2. The molecule has 0 aliphatic heterocycles. The van der Waals surface area contributed by atoms with Gasteiger partial charge >= 0.3 is 0 Å². The zero-order chi connectivity index (χ0) is 17.1. The normalized spacial score (nSPS) is 16.0. The first-order chi connectivity index (χ1) is 11.5. The van der Waals surface area contributed by atoms with E-state index in [-0.39, 0.29) is 17.7 Å². The first kappa shape index (κ1) is 16.4. The fraction of sp³-hybridized carbons (Fsp3) is 0.300. The van der Waals surface area contributed by atoms with Crippen LogP contribution < -0.4 is 5.32 Å². The van der Waals surface area contributed by atoms with Gasteiger partial charge in [0, 0.05) is 17.3 Å². The van der Waals surface area contributed by atoms with E-state index in [2.05, 4.69) is 34.5 Å². The van der Waals surface area contributed by atoms with Gasteiger partial charge in [-0.1, -0.05) is 36.4 Å². The molecule has 124 valence electrons. The third-order valence-corrected chi connectivity index (χ3v) is 4.58. The number of nitrogens with one attached hydrogen (secondary N) is 1. The van der Waals surface area contributed by atoms with Crippen LogP contribution in [0.3, 0.4) is 0 Å². The second-order valence-corrected chi connectivity index (χ2v) is 6.35. The number of ketones is 1. The summed E-state index contributed by atoms with van der Waals surface area (Å²) in [4.78, 5) is 25.9. The summed E-state index contributed by atoms with van der Waals surface area (Å²) in [5.41, 5.74) is 3.97. The molecule has 4 heteroatoms. The van der Waals surface area contributed by atoms with E-state index >= 15 is 0 Å². The maximum Gasteiger partial charge on any atom is 0.238 e. The minimum atomic E-state index is -0.0671. The third kappa shape index (κ3) is 3.54. The van der Waals surface area contributed by atoms with Crippen molar-refractivity contribution in [2.45, 2.75) is 25.8 Å². The molecule has 24 heavy (non-hydrogen) atoms. The molecule has 1 N–H and O–H groups in total. The predicted octanol–water partition coefficient (Wildman–Crippen LogP) is 3.45. The Balaban J connectivity index is 1.63. The van der Waals surface area contributed by atoms with Crippen LogP contribution in [0.15, 0.2) is 48.5 Å². The predicted molar refractivity (Wildman–Crippen MR) is 95.2 cm³/mol. The van der Waals surface area contributed by atoms with Gasteiger partial charge in [-0.15, -0.1) is 0 Å². The molecule has 0 saturated carbocycles. The fourth-order valence-electron chi connectivity index (χ4n) is 3.35. The first-order valence-corrected chi connectivity index (χ1v) is 8.23. The number of likely N-dealkylation sites (N-methyl/N-ethyl adjacent to an activating group) is 1. The van der Waals surface area contributed by atoms with Crippen LogP contribution in [0.5, 0.6) is 0 Å². The van der Waals surface area contributed by atoms with Crippen molar-refractivity contribution in [2.75, 3.05) is 18.9 Å². The topological polar surface area (TPSA) is 49.4 Å². The van der Waals surface area contributed by atoms with Gasteiger partial charge in [-0.3, -0.25) is 14.5 Å². The van der Waals surface area contributed by atoms with Crippen molar-refractivity contribution >= 4 is 17.4 Å².